The maximum absolute atomic E-state index is 13.1. The molecule has 0 amide bonds. The minimum atomic E-state index is -4.97. The van der Waals surface area contributed by atoms with Gasteiger partial charge >= 0.3 is 39.5 Å². The van der Waals surface area contributed by atoms with Crippen LogP contribution in [0.25, 0.3) is 0 Å². The number of unbranched alkanes of at least 4 members (excludes halogenated alkanes) is 54. The molecule has 3 N–H and O–H groups in total. The Morgan fingerprint density at radius 2 is 0.442 bits per heavy atom. The van der Waals surface area contributed by atoms with E-state index in [4.69, 9.17) is 37.0 Å². The fraction of sp³-hybridized carbons (Fsp3) is 0.906. The van der Waals surface area contributed by atoms with Crippen molar-refractivity contribution in [2.24, 2.45) is 0 Å². The molecular formula is C85H162O17P2. The number of rotatable bonds is 84. The van der Waals surface area contributed by atoms with E-state index in [1.807, 2.05) is 0 Å². The number of aliphatic hydroxyl groups is 1. The number of phosphoric acid groups is 2. The molecule has 0 saturated heterocycles. The first-order chi connectivity index (χ1) is 50.7. The van der Waals surface area contributed by atoms with Gasteiger partial charge in [-0.25, -0.2) is 9.13 Å². The van der Waals surface area contributed by atoms with Crippen LogP contribution < -0.4 is 0 Å². The predicted octanol–water partition coefficient (Wildman–Crippen LogP) is 25.7. The molecule has 0 rings (SSSR count). The molecule has 0 aliphatic rings. The molecule has 0 aromatic heterocycles. The summed E-state index contributed by atoms with van der Waals surface area (Å²) in [7, 11) is -9.94. The molecule has 0 saturated carbocycles. The number of ether oxygens (including phenoxy) is 4. The van der Waals surface area contributed by atoms with E-state index >= 15 is 0 Å². The van der Waals surface area contributed by atoms with Crippen LogP contribution in [0.5, 0.6) is 0 Å². The molecule has 0 radical (unpaired) electrons. The van der Waals surface area contributed by atoms with Crippen LogP contribution in [-0.4, -0.2) is 96.7 Å². The number of carbonyl (C=O) groups excluding carboxylic acids is 4. The topological polar surface area (TPSA) is 237 Å². The third kappa shape index (κ3) is 77.7. The number of carbonyl (C=O) groups is 4. The van der Waals surface area contributed by atoms with Gasteiger partial charge in [0.1, 0.15) is 19.3 Å². The number of aliphatic hydroxyl groups excluding tert-OH is 1. The van der Waals surface area contributed by atoms with Gasteiger partial charge in [0, 0.05) is 25.7 Å². The van der Waals surface area contributed by atoms with Crippen molar-refractivity contribution in [3.8, 4) is 0 Å². The highest BCUT2D eigenvalue weighted by Crippen LogP contribution is 2.45. The number of hydrogen-bond donors (Lipinski definition) is 3. The summed E-state index contributed by atoms with van der Waals surface area (Å²) in [6, 6.07) is 0. The fourth-order valence-corrected chi connectivity index (χ4v) is 14.3. The normalized spacial score (nSPS) is 13.9. The second-order valence-corrected chi connectivity index (χ2v) is 32.8. The molecule has 2 unspecified atom stereocenters. The Bertz CT molecular complexity index is 1920. The van der Waals surface area contributed by atoms with Crippen molar-refractivity contribution in [1.29, 1.82) is 0 Å². The van der Waals surface area contributed by atoms with E-state index in [9.17, 15) is 43.2 Å². The molecular weight excluding hydrogens is 1350 g/mol. The Morgan fingerprint density at radius 1 is 0.260 bits per heavy atom. The van der Waals surface area contributed by atoms with E-state index in [0.29, 0.717) is 25.7 Å². The van der Waals surface area contributed by atoms with E-state index in [0.717, 1.165) is 116 Å². The van der Waals surface area contributed by atoms with Crippen molar-refractivity contribution < 1.29 is 80.2 Å². The zero-order valence-corrected chi connectivity index (χ0v) is 69.3. The van der Waals surface area contributed by atoms with Crippen molar-refractivity contribution in [3.05, 3.63) is 24.3 Å². The first kappa shape index (κ1) is 102. The number of esters is 4. The molecule has 0 aromatic carbocycles. The average Bonchev–Trinajstić information content (AvgIpc) is 1.21. The van der Waals surface area contributed by atoms with Gasteiger partial charge in [-0.15, -0.1) is 0 Å². The lowest BCUT2D eigenvalue weighted by Gasteiger charge is -2.21. The third-order valence-electron chi connectivity index (χ3n) is 19.4. The monoisotopic (exact) mass is 1520 g/mol. The fourth-order valence-electron chi connectivity index (χ4n) is 12.7. The van der Waals surface area contributed by atoms with Crippen LogP contribution in [0, 0.1) is 0 Å². The highest BCUT2D eigenvalue weighted by molar-refractivity contribution is 7.47. The molecule has 17 nitrogen and oxygen atoms in total. The lowest BCUT2D eigenvalue weighted by Crippen LogP contribution is -2.30. The van der Waals surface area contributed by atoms with Gasteiger partial charge < -0.3 is 33.8 Å². The zero-order chi connectivity index (χ0) is 76.0. The van der Waals surface area contributed by atoms with Gasteiger partial charge in [-0.3, -0.25) is 37.3 Å². The van der Waals surface area contributed by atoms with Gasteiger partial charge in [0.25, 0.3) is 0 Å². The van der Waals surface area contributed by atoms with Crippen LogP contribution >= 0.6 is 15.6 Å². The maximum atomic E-state index is 13.1. The SMILES string of the molecule is CCCCCCCC/C=C\CCCCCCCC(=O)O[C@H](COC(=O)CCCCCCCCCCCCCCCCCCC)COP(=O)(O)OCC(O)COP(=O)(O)OC[C@@H](COC(=O)CCCCCCCCCCCCCCCCCCC)OC(=O)CCCCCCC/C=C\CCCCCCCC. The molecule has 0 spiro atoms. The third-order valence-corrected chi connectivity index (χ3v) is 21.3. The summed E-state index contributed by atoms with van der Waals surface area (Å²) in [4.78, 5) is 73.2. The summed E-state index contributed by atoms with van der Waals surface area (Å²) in [5.41, 5.74) is 0. The van der Waals surface area contributed by atoms with Gasteiger partial charge in [-0.1, -0.05) is 360 Å². The molecule has 0 aliphatic heterocycles. The summed E-state index contributed by atoms with van der Waals surface area (Å²) in [6.07, 6.45) is 75.6. The van der Waals surface area contributed by atoms with E-state index in [2.05, 4.69) is 52.0 Å². The van der Waals surface area contributed by atoms with Gasteiger partial charge in [-0.05, 0) is 77.0 Å². The molecule has 0 aliphatic carbocycles. The number of phosphoric ester groups is 2. The molecule has 0 fully saturated rings. The first-order valence-electron chi connectivity index (χ1n) is 43.6. The first-order valence-corrected chi connectivity index (χ1v) is 46.6. The Kier molecular flexibility index (Phi) is 76.8. The smallest absolute Gasteiger partial charge is 0.462 e. The minimum Gasteiger partial charge on any atom is -0.462 e. The molecule has 0 heterocycles. The van der Waals surface area contributed by atoms with E-state index in [-0.39, 0.29) is 25.7 Å². The van der Waals surface area contributed by atoms with Crippen LogP contribution in [-0.2, 0) is 65.4 Å². The van der Waals surface area contributed by atoms with Crippen molar-refractivity contribution >= 4 is 39.5 Å². The summed E-state index contributed by atoms with van der Waals surface area (Å²) >= 11 is 0. The second-order valence-electron chi connectivity index (χ2n) is 29.8. The van der Waals surface area contributed by atoms with E-state index < -0.39 is 97.5 Å². The van der Waals surface area contributed by atoms with Crippen LogP contribution in [0.1, 0.15) is 439 Å². The van der Waals surface area contributed by atoms with Crippen LogP contribution in [0.15, 0.2) is 24.3 Å². The predicted molar refractivity (Wildman–Crippen MR) is 428 cm³/mol. The summed E-state index contributed by atoms with van der Waals surface area (Å²) in [5, 5.41) is 10.7. The Morgan fingerprint density at radius 3 is 0.663 bits per heavy atom. The number of allylic oxidation sites excluding steroid dienone is 4. The van der Waals surface area contributed by atoms with Crippen molar-refractivity contribution in [2.45, 2.75) is 457 Å². The average molecular weight is 1520 g/mol. The number of hydrogen-bond acceptors (Lipinski definition) is 15. The Balaban J connectivity index is 5.30. The van der Waals surface area contributed by atoms with E-state index in [1.165, 1.54) is 244 Å². The highest BCUT2D eigenvalue weighted by atomic mass is 31.2. The summed E-state index contributed by atoms with van der Waals surface area (Å²) in [6.45, 7) is 5.00. The molecule has 614 valence electrons. The Hall–Kier alpha value is -2.46. The second kappa shape index (κ2) is 78.7. The molecule has 0 aromatic rings. The van der Waals surface area contributed by atoms with Crippen molar-refractivity contribution in [1.82, 2.24) is 0 Å². The van der Waals surface area contributed by atoms with Crippen LogP contribution in [0.2, 0.25) is 0 Å². The van der Waals surface area contributed by atoms with Crippen LogP contribution in [0.4, 0.5) is 0 Å². The molecule has 19 heteroatoms. The minimum absolute atomic E-state index is 0.0941. The summed E-state index contributed by atoms with van der Waals surface area (Å²) in [5.74, 6) is -2.13. The Labute approximate surface area is 637 Å². The van der Waals surface area contributed by atoms with Crippen molar-refractivity contribution in [3.63, 3.8) is 0 Å². The molecule has 104 heavy (non-hydrogen) atoms. The lowest BCUT2D eigenvalue weighted by molar-refractivity contribution is -0.161. The quantitative estimate of drug-likeness (QED) is 0.0169. The molecule has 4 atom stereocenters. The van der Waals surface area contributed by atoms with E-state index in [1.54, 1.807) is 0 Å². The molecule has 0 bridgehead atoms. The standard InChI is InChI=1S/C85H162O17P2/c1-5-9-13-17-21-25-29-33-37-39-43-45-49-53-57-61-65-69-82(87)95-75-80(101-84(89)71-67-63-59-55-51-47-41-35-31-27-23-19-15-11-7-3)77-99-103(91,92)97-73-79(86)74-98-104(93,94)100-78-81(102-85(90)72-68-64-60-56-52-48-42-36-32-28-24-20-16-12-8-4)76-96-83(88)70-66-62-58-54-50-46-44-40-38-34-30-26-22-18-14-10-6-2/h35-36,41-42,79-81,86H,5-34,37-40,43-78H2,1-4H3,(H,91,92)(H,93,94)/b41-35-,42-36-/t80-,81-/m1/s1. The zero-order valence-electron chi connectivity index (χ0n) is 67.5. The maximum Gasteiger partial charge on any atom is 0.472 e. The van der Waals surface area contributed by atoms with Gasteiger partial charge in [0.2, 0.25) is 0 Å². The van der Waals surface area contributed by atoms with Crippen LogP contribution in [0.3, 0.4) is 0 Å². The van der Waals surface area contributed by atoms with Gasteiger partial charge in [-0.2, -0.15) is 0 Å². The van der Waals surface area contributed by atoms with Gasteiger partial charge in [0.05, 0.1) is 26.4 Å². The van der Waals surface area contributed by atoms with Gasteiger partial charge in [0.15, 0.2) is 12.2 Å². The highest BCUT2D eigenvalue weighted by Gasteiger charge is 2.30. The van der Waals surface area contributed by atoms with Crippen molar-refractivity contribution in [2.75, 3.05) is 39.6 Å². The largest absolute Gasteiger partial charge is 0.472 e. The summed E-state index contributed by atoms with van der Waals surface area (Å²) < 4.78 is 68.9. The lowest BCUT2D eigenvalue weighted by atomic mass is 10.0.